The topological polar surface area (TPSA) is 52.6 Å². The zero-order valence-electron chi connectivity index (χ0n) is 21.2. The van der Waals surface area contributed by atoms with E-state index in [0.29, 0.717) is 24.3 Å². The van der Waals surface area contributed by atoms with Gasteiger partial charge in [-0.15, -0.1) is 0 Å². The average molecular weight is 477 g/mol. The Hall–Kier alpha value is -1.84. The second-order valence-electron chi connectivity index (χ2n) is 14.1. The maximum absolute atomic E-state index is 13.1. The SMILES string of the molecule is Cc1cc(C(=O)OCC23CC4CC(CC(C4)C2)C3)cc(C(=O)OCC23CC4CC(CC(C4)C2)C3)c1. The summed E-state index contributed by atoms with van der Waals surface area (Å²) >= 11 is 0. The number of carbonyl (C=O) groups is 2. The first-order valence-electron chi connectivity index (χ1n) is 14.3. The van der Waals surface area contributed by atoms with E-state index in [4.69, 9.17) is 9.47 Å². The molecule has 8 aliphatic carbocycles. The van der Waals surface area contributed by atoms with Gasteiger partial charge in [-0.05, 0) is 143 Å². The van der Waals surface area contributed by atoms with Crippen LogP contribution in [-0.4, -0.2) is 25.2 Å². The van der Waals surface area contributed by atoms with Crippen LogP contribution in [0.5, 0.6) is 0 Å². The molecule has 8 bridgehead atoms. The Balaban J connectivity index is 1.00. The van der Waals surface area contributed by atoms with Crippen molar-refractivity contribution in [3.8, 4) is 0 Å². The van der Waals surface area contributed by atoms with Gasteiger partial charge in [0.05, 0.1) is 24.3 Å². The van der Waals surface area contributed by atoms with Crippen LogP contribution in [0.25, 0.3) is 0 Å². The number of esters is 2. The maximum atomic E-state index is 13.1. The standard InChI is InChI=1S/C31H40O4/c1-19-2-26(28(32)34-17-30-11-20-4-21(12-30)6-22(5-20)13-30)10-27(3-19)29(33)35-18-31-14-23-7-24(15-31)9-25(8-23)16-31/h2-3,10,20-25H,4-9,11-18H2,1H3. The Bertz CT molecular complexity index is 890. The van der Waals surface area contributed by atoms with Crippen molar-refractivity contribution in [2.75, 3.05) is 13.2 Å². The normalized spacial score (nSPS) is 42.3. The van der Waals surface area contributed by atoms with Crippen molar-refractivity contribution in [1.29, 1.82) is 0 Å². The Labute approximate surface area is 209 Å². The number of benzene rings is 1. The highest BCUT2D eigenvalue weighted by Crippen LogP contribution is 2.61. The monoisotopic (exact) mass is 476 g/mol. The van der Waals surface area contributed by atoms with Gasteiger partial charge in [0.2, 0.25) is 0 Å². The lowest BCUT2D eigenvalue weighted by Crippen LogP contribution is -2.48. The Morgan fingerprint density at radius 3 is 1.26 bits per heavy atom. The molecule has 9 rings (SSSR count). The molecule has 35 heavy (non-hydrogen) atoms. The van der Waals surface area contributed by atoms with Crippen LogP contribution in [0.2, 0.25) is 0 Å². The van der Waals surface area contributed by atoms with Crippen molar-refractivity contribution in [1.82, 2.24) is 0 Å². The first kappa shape index (κ1) is 22.4. The molecule has 0 atom stereocenters. The summed E-state index contributed by atoms with van der Waals surface area (Å²) in [5.41, 5.74) is 2.27. The fourth-order valence-electron chi connectivity index (χ4n) is 10.6. The third-order valence-electron chi connectivity index (χ3n) is 10.9. The van der Waals surface area contributed by atoms with Crippen molar-refractivity contribution in [2.45, 2.75) is 84.0 Å². The second kappa shape index (κ2) is 8.08. The largest absolute Gasteiger partial charge is 0.462 e. The van der Waals surface area contributed by atoms with E-state index in [-0.39, 0.29) is 22.8 Å². The van der Waals surface area contributed by atoms with Crippen molar-refractivity contribution in [2.24, 2.45) is 46.3 Å². The smallest absolute Gasteiger partial charge is 0.338 e. The minimum absolute atomic E-state index is 0.202. The number of aryl methyl sites for hydroxylation is 1. The van der Waals surface area contributed by atoms with Crippen molar-refractivity contribution in [3.05, 3.63) is 34.9 Å². The van der Waals surface area contributed by atoms with Gasteiger partial charge in [-0.2, -0.15) is 0 Å². The Morgan fingerprint density at radius 2 is 0.943 bits per heavy atom. The lowest BCUT2D eigenvalue weighted by atomic mass is 9.50. The van der Waals surface area contributed by atoms with Gasteiger partial charge in [-0.1, -0.05) is 0 Å². The van der Waals surface area contributed by atoms with E-state index in [1.54, 1.807) is 6.07 Å². The van der Waals surface area contributed by atoms with Gasteiger partial charge in [0.1, 0.15) is 0 Å². The van der Waals surface area contributed by atoms with E-state index in [1.807, 2.05) is 19.1 Å². The summed E-state index contributed by atoms with van der Waals surface area (Å²) in [6.07, 6.45) is 15.7. The summed E-state index contributed by atoms with van der Waals surface area (Å²) in [6, 6.07) is 5.38. The van der Waals surface area contributed by atoms with E-state index in [9.17, 15) is 9.59 Å². The van der Waals surface area contributed by atoms with Crippen LogP contribution in [0, 0.1) is 53.3 Å². The van der Waals surface area contributed by atoms with Gasteiger partial charge < -0.3 is 9.47 Å². The van der Waals surface area contributed by atoms with Crippen LogP contribution in [0.3, 0.4) is 0 Å². The summed E-state index contributed by atoms with van der Waals surface area (Å²) < 4.78 is 11.9. The zero-order chi connectivity index (χ0) is 23.8. The summed E-state index contributed by atoms with van der Waals surface area (Å²) in [4.78, 5) is 26.2. The quantitative estimate of drug-likeness (QED) is 0.427. The highest BCUT2D eigenvalue weighted by Gasteiger charge is 2.52. The molecule has 188 valence electrons. The van der Waals surface area contributed by atoms with Crippen LogP contribution < -0.4 is 0 Å². The zero-order valence-corrected chi connectivity index (χ0v) is 21.2. The highest BCUT2D eigenvalue weighted by atomic mass is 16.5. The molecule has 0 spiro atoms. The van der Waals surface area contributed by atoms with Crippen molar-refractivity contribution >= 4 is 11.9 Å². The van der Waals surface area contributed by atoms with Gasteiger partial charge in [0.15, 0.2) is 0 Å². The molecule has 0 aromatic heterocycles. The maximum Gasteiger partial charge on any atom is 0.338 e. The van der Waals surface area contributed by atoms with Crippen molar-refractivity contribution < 1.29 is 19.1 Å². The van der Waals surface area contributed by atoms with E-state index >= 15 is 0 Å². The fourth-order valence-corrected chi connectivity index (χ4v) is 10.6. The number of hydrogen-bond donors (Lipinski definition) is 0. The third kappa shape index (κ3) is 4.13. The third-order valence-corrected chi connectivity index (χ3v) is 10.9. The van der Waals surface area contributed by atoms with Crippen molar-refractivity contribution in [3.63, 3.8) is 0 Å². The summed E-state index contributed by atoms with van der Waals surface area (Å²) in [7, 11) is 0. The molecule has 4 heteroatoms. The van der Waals surface area contributed by atoms with E-state index < -0.39 is 0 Å². The van der Waals surface area contributed by atoms with Gasteiger partial charge in [0, 0.05) is 10.8 Å². The Kier molecular flexibility index (Phi) is 5.16. The highest BCUT2D eigenvalue weighted by molar-refractivity contribution is 5.95. The molecule has 0 aliphatic heterocycles. The van der Waals surface area contributed by atoms with E-state index in [0.717, 1.165) is 41.1 Å². The summed E-state index contributed by atoms with van der Waals surface area (Å²) in [6.45, 7) is 3.01. The molecular weight excluding hydrogens is 436 g/mol. The molecule has 0 radical (unpaired) electrons. The molecule has 0 N–H and O–H groups in total. The van der Waals surface area contributed by atoms with E-state index in [1.165, 1.54) is 77.0 Å². The lowest BCUT2D eigenvalue weighted by Gasteiger charge is -2.56. The van der Waals surface area contributed by atoms with Crippen LogP contribution in [0.1, 0.15) is 103 Å². The molecule has 1 aromatic rings. The first-order chi connectivity index (χ1) is 16.8. The summed E-state index contributed by atoms with van der Waals surface area (Å²) in [5, 5.41) is 0. The number of ether oxygens (including phenoxy) is 2. The van der Waals surface area contributed by atoms with Gasteiger partial charge in [-0.3, -0.25) is 0 Å². The molecule has 0 unspecified atom stereocenters. The molecule has 0 saturated heterocycles. The minimum atomic E-state index is -0.292. The Morgan fingerprint density at radius 1 is 0.629 bits per heavy atom. The average Bonchev–Trinajstić information content (AvgIpc) is 2.79. The second-order valence-corrected chi connectivity index (χ2v) is 14.1. The number of rotatable bonds is 6. The molecule has 8 fully saturated rings. The van der Waals surface area contributed by atoms with Crippen LogP contribution in [0.15, 0.2) is 18.2 Å². The predicted octanol–water partition coefficient (Wildman–Crippen LogP) is 6.74. The summed E-state index contributed by atoms with van der Waals surface area (Å²) in [5.74, 6) is 4.47. The predicted molar refractivity (Wildman–Crippen MR) is 133 cm³/mol. The number of hydrogen-bond acceptors (Lipinski definition) is 4. The molecule has 1 aromatic carbocycles. The molecule has 0 heterocycles. The molecule has 8 aliphatic rings. The molecule has 0 amide bonds. The lowest BCUT2D eigenvalue weighted by molar-refractivity contribution is -0.0850. The van der Waals surface area contributed by atoms with Gasteiger partial charge >= 0.3 is 11.9 Å². The number of carbonyl (C=O) groups excluding carboxylic acids is 2. The fraction of sp³-hybridized carbons (Fsp3) is 0.742. The molecule has 8 saturated carbocycles. The van der Waals surface area contributed by atoms with Crippen LogP contribution in [-0.2, 0) is 9.47 Å². The van der Waals surface area contributed by atoms with Crippen LogP contribution in [0.4, 0.5) is 0 Å². The molecular formula is C31H40O4. The van der Waals surface area contributed by atoms with Gasteiger partial charge in [0.25, 0.3) is 0 Å². The first-order valence-corrected chi connectivity index (χ1v) is 14.3. The van der Waals surface area contributed by atoms with Gasteiger partial charge in [-0.25, -0.2) is 9.59 Å². The van der Waals surface area contributed by atoms with Crippen LogP contribution >= 0.6 is 0 Å². The van der Waals surface area contributed by atoms with E-state index in [2.05, 4.69) is 0 Å². The molecule has 4 nitrogen and oxygen atoms in total. The minimum Gasteiger partial charge on any atom is -0.462 e.